The maximum Gasteiger partial charge on any atom is 0.0643 e. The molecule has 0 aromatic carbocycles. The SMILES string of the molecule is CCCC1(CC)NCCS1. The van der Waals surface area contributed by atoms with E-state index in [1.165, 1.54) is 31.6 Å². The molecule has 1 atom stereocenters. The summed E-state index contributed by atoms with van der Waals surface area (Å²) in [4.78, 5) is 0.453. The second-order valence-corrected chi connectivity index (χ2v) is 4.35. The van der Waals surface area contributed by atoms with E-state index in [1.807, 2.05) is 0 Å². The van der Waals surface area contributed by atoms with E-state index < -0.39 is 0 Å². The van der Waals surface area contributed by atoms with Crippen molar-refractivity contribution in [3.63, 3.8) is 0 Å². The molecule has 0 bridgehead atoms. The van der Waals surface area contributed by atoms with Gasteiger partial charge in [0.05, 0.1) is 4.87 Å². The monoisotopic (exact) mass is 159 g/mol. The Bertz CT molecular complexity index is 97.4. The van der Waals surface area contributed by atoms with Crippen molar-refractivity contribution in [1.29, 1.82) is 0 Å². The fraction of sp³-hybridized carbons (Fsp3) is 1.00. The third-order valence-corrected chi connectivity index (χ3v) is 3.75. The zero-order chi connectivity index (χ0) is 7.45. The van der Waals surface area contributed by atoms with Gasteiger partial charge in [-0.3, -0.25) is 0 Å². The van der Waals surface area contributed by atoms with Crippen LogP contribution in [0, 0.1) is 0 Å². The molecule has 1 nitrogen and oxygen atoms in total. The molecular formula is C8H17NS. The van der Waals surface area contributed by atoms with E-state index in [0.29, 0.717) is 4.87 Å². The Hall–Kier alpha value is 0.310. The molecule has 1 rings (SSSR count). The van der Waals surface area contributed by atoms with E-state index in [1.54, 1.807) is 0 Å². The van der Waals surface area contributed by atoms with Crippen molar-refractivity contribution < 1.29 is 0 Å². The van der Waals surface area contributed by atoms with E-state index in [0.717, 1.165) is 0 Å². The maximum absolute atomic E-state index is 3.58. The van der Waals surface area contributed by atoms with Crippen molar-refractivity contribution in [2.75, 3.05) is 12.3 Å². The highest BCUT2D eigenvalue weighted by Gasteiger charge is 2.30. The van der Waals surface area contributed by atoms with Gasteiger partial charge in [0.15, 0.2) is 0 Å². The molecule has 1 unspecified atom stereocenters. The third-order valence-electron chi connectivity index (χ3n) is 2.15. The van der Waals surface area contributed by atoms with Gasteiger partial charge in [-0.05, 0) is 12.8 Å². The standard InChI is InChI=1S/C8H17NS/c1-3-5-8(4-2)9-6-7-10-8/h9H,3-7H2,1-2H3. The first-order valence-electron chi connectivity index (χ1n) is 4.22. The van der Waals surface area contributed by atoms with Gasteiger partial charge in [-0.2, -0.15) is 0 Å². The van der Waals surface area contributed by atoms with Crippen LogP contribution in [0.3, 0.4) is 0 Å². The number of hydrogen-bond acceptors (Lipinski definition) is 2. The lowest BCUT2D eigenvalue weighted by Gasteiger charge is -2.26. The van der Waals surface area contributed by atoms with Gasteiger partial charge in [-0.1, -0.05) is 20.3 Å². The normalized spacial score (nSPS) is 33.0. The first-order chi connectivity index (χ1) is 4.83. The number of rotatable bonds is 3. The largest absolute Gasteiger partial charge is 0.302 e. The first-order valence-corrected chi connectivity index (χ1v) is 5.20. The zero-order valence-electron chi connectivity index (χ0n) is 6.94. The molecule has 0 radical (unpaired) electrons. The number of thioether (sulfide) groups is 1. The van der Waals surface area contributed by atoms with Gasteiger partial charge < -0.3 is 5.32 Å². The minimum Gasteiger partial charge on any atom is -0.302 e. The molecule has 0 spiro atoms. The first kappa shape index (κ1) is 8.41. The summed E-state index contributed by atoms with van der Waals surface area (Å²) in [6, 6.07) is 0. The Balaban J connectivity index is 2.41. The van der Waals surface area contributed by atoms with Gasteiger partial charge in [0.2, 0.25) is 0 Å². The highest BCUT2D eigenvalue weighted by atomic mass is 32.2. The summed E-state index contributed by atoms with van der Waals surface area (Å²) < 4.78 is 0. The lowest BCUT2D eigenvalue weighted by atomic mass is 10.1. The predicted octanol–water partition coefficient (Wildman–Crippen LogP) is 2.23. The summed E-state index contributed by atoms with van der Waals surface area (Å²) in [5, 5.41) is 3.58. The highest BCUT2D eigenvalue weighted by Crippen LogP contribution is 2.34. The Kier molecular flexibility index (Phi) is 3.05. The molecule has 1 aliphatic heterocycles. The van der Waals surface area contributed by atoms with Crippen LogP contribution in [0.25, 0.3) is 0 Å². The van der Waals surface area contributed by atoms with Crippen molar-refractivity contribution in [3.05, 3.63) is 0 Å². The van der Waals surface area contributed by atoms with E-state index >= 15 is 0 Å². The van der Waals surface area contributed by atoms with Crippen LogP contribution in [0.15, 0.2) is 0 Å². The van der Waals surface area contributed by atoms with Crippen LogP contribution in [0.5, 0.6) is 0 Å². The van der Waals surface area contributed by atoms with Crippen molar-refractivity contribution in [1.82, 2.24) is 5.32 Å². The Labute approximate surface area is 68.0 Å². The van der Waals surface area contributed by atoms with E-state index in [2.05, 4.69) is 30.9 Å². The minimum absolute atomic E-state index is 0.453. The quantitative estimate of drug-likeness (QED) is 0.677. The summed E-state index contributed by atoms with van der Waals surface area (Å²) in [6.45, 7) is 5.75. The lowest BCUT2D eigenvalue weighted by Crippen LogP contribution is -2.36. The molecule has 0 aromatic rings. The highest BCUT2D eigenvalue weighted by molar-refractivity contribution is 8.00. The Morgan fingerprint density at radius 3 is 2.70 bits per heavy atom. The van der Waals surface area contributed by atoms with Crippen LogP contribution in [0.2, 0.25) is 0 Å². The molecule has 1 aliphatic rings. The fourth-order valence-corrected chi connectivity index (χ4v) is 2.90. The van der Waals surface area contributed by atoms with Crippen LogP contribution in [-0.2, 0) is 0 Å². The molecular weight excluding hydrogens is 142 g/mol. The molecule has 1 heterocycles. The molecule has 0 aromatic heterocycles. The van der Waals surface area contributed by atoms with Gasteiger partial charge in [-0.15, -0.1) is 11.8 Å². The molecule has 10 heavy (non-hydrogen) atoms. The van der Waals surface area contributed by atoms with Gasteiger partial charge in [0.1, 0.15) is 0 Å². The summed E-state index contributed by atoms with van der Waals surface area (Å²) in [7, 11) is 0. The Morgan fingerprint density at radius 1 is 1.50 bits per heavy atom. The molecule has 2 heteroatoms. The topological polar surface area (TPSA) is 12.0 Å². The van der Waals surface area contributed by atoms with Gasteiger partial charge in [0.25, 0.3) is 0 Å². The number of hydrogen-bond donors (Lipinski definition) is 1. The molecule has 0 aliphatic carbocycles. The van der Waals surface area contributed by atoms with Crippen LogP contribution in [0.4, 0.5) is 0 Å². The van der Waals surface area contributed by atoms with Crippen molar-refractivity contribution in [2.45, 2.75) is 38.0 Å². The number of nitrogens with one attached hydrogen (secondary N) is 1. The molecule has 0 amide bonds. The fourth-order valence-electron chi connectivity index (χ4n) is 1.54. The summed E-state index contributed by atoms with van der Waals surface area (Å²) in [6.07, 6.45) is 3.90. The lowest BCUT2D eigenvalue weighted by molar-refractivity contribution is 0.450. The molecule has 1 saturated heterocycles. The van der Waals surface area contributed by atoms with Crippen molar-refractivity contribution in [3.8, 4) is 0 Å². The Morgan fingerprint density at radius 2 is 2.30 bits per heavy atom. The van der Waals surface area contributed by atoms with Crippen LogP contribution in [0.1, 0.15) is 33.1 Å². The third kappa shape index (κ3) is 1.67. The molecule has 1 N–H and O–H groups in total. The van der Waals surface area contributed by atoms with E-state index in [-0.39, 0.29) is 0 Å². The second-order valence-electron chi connectivity index (χ2n) is 2.87. The van der Waals surface area contributed by atoms with Crippen LogP contribution >= 0.6 is 11.8 Å². The summed E-state index contributed by atoms with van der Waals surface area (Å²) in [5.74, 6) is 1.30. The van der Waals surface area contributed by atoms with E-state index in [9.17, 15) is 0 Å². The van der Waals surface area contributed by atoms with Crippen molar-refractivity contribution >= 4 is 11.8 Å². The summed E-state index contributed by atoms with van der Waals surface area (Å²) >= 11 is 2.10. The average molecular weight is 159 g/mol. The van der Waals surface area contributed by atoms with Crippen LogP contribution in [-0.4, -0.2) is 17.2 Å². The van der Waals surface area contributed by atoms with Crippen LogP contribution < -0.4 is 5.32 Å². The second kappa shape index (κ2) is 3.63. The van der Waals surface area contributed by atoms with Gasteiger partial charge in [-0.25, -0.2) is 0 Å². The molecule has 0 saturated carbocycles. The van der Waals surface area contributed by atoms with Gasteiger partial charge in [0, 0.05) is 12.3 Å². The zero-order valence-corrected chi connectivity index (χ0v) is 7.76. The smallest absolute Gasteiger partial charge is 0.0643 e. The van der Waals surface area contributed by atoms with E-state index in [4.69, 9.17) is 0 Å². The average Bonchev–Trinajstić information content (AvgIpc) is 2.39. The van der Waals surface area contributed by atoms with Gasteiger partial charge >= 0.3 is 0 Å². The summed E-state index contributed by atoms with van der Waals surface area (Å²) in [5.41, 5.74) is 0. The maximum atomic E-state index is 3.58. The molecule has 60 valence electrons. The van der Waals surface area contributed by atoms with Crippen molar-refractivity contribution in [2.24, 2.45) is 0 Å². The predicted molar refractivity (Wildman–Crippen MR) is 48.4 cm³/mol. The minimum atomic E-state index is 0.453. The molecule has 1 fully saturated rings.